The Kier molecular flexibility index (Phi) is 8.41. The average molecular weight is 313 g/mol. The highest BCUT2D eigenvalue weighted by Gasteiger charge is 2.00. The van der Waals surface area contributed by atoms with Gasteiger partial charge in [0.2, 0.25) is 0 Å². The van der Waals surface area contributed by atoms with Crippen LogP contribution in [0.4, 0.5) is 0 Å². The van der Waals surface area contributed by atoms with Crippen LogP contribution in [0.2, 0.25) is 0 Å². The third-order valence-corrected chi connectivity index (χ3v) is 4.45. The molecule has 1 aromatic carbocycles. The first-order valence-electron chi connectivity index (χ1n) is 6.59. The van der Waals surface area contributed by atoms with Crippen LogP contribution in [0.3, 0.4) is 0 Å². The standard InChI is InChI=1S/C19H20S2/c1-5-9-16(8-4)20-18-12-14-19(15-13-18)21-17(10-6-2)11-7-3/h5-15H,1-2,4H2,3H3/b11-7-,16-9+,17-10+. The maximum atomic E-state index is 3.81. The minimum Gasteiger partial charge on any atom is -0.0990 e. The molecule has 0 N–H and O–H groups in total. The summed E-state index contributed by atoms with van der Waals surface area (Å²) in [6, 6.07) is 8.49. The molecule has 0 aliphatic carbocycles. The monoisotopic (exact) mass is 312 g/mol. The van der Waals surface area contributed by atoms with Gasteiger partial charge in [-0.2, -0.15) is 0 Å². The zero-order chi connectivity index (χ0) is 15.5. The van der Waals surface area contributed by atoms with Gasteiger partial charge in [-0.1, -0.05) is 73.6 Å². The van der Waals surface area contributed by atoms with E-state index in [9.17, 15) is 0 Å². The molecular formula is C19H20S2. The number of hydrogen-bond donors (Lipinski definition) is 0. The van der Waals surface area contributed by atoms with Gasteiger partial charge in [-0.3, -0.25) is 0 Å². The summed E-state index contributed by atoms with van der Waals surface area (Å²) < 4.78 is 0. The maximum absolute atomic E-state index is 3.81. The van der Waals surface area contributed by atoms with E-state index >= 15 is 0 Å². The van der Waals surface area contributed by atoms with Gasteiger partial charge in [0, 0.05) is 19.6 Å². The largest absolute Gasteiger partial charge is 0.0990 e. The Morgan fingerprint density at radius 1 is 0.857 bits per heavy atom. The molecule has 0 aromatic heterocycles. The van der Waals surface area contributed by atoms with E-state index in [2.05, 4.69) is 50.1 Å². The molecule has 0 aliphatic heterocycles. The summed E-state index contributed by atoms with van der Waals surface area (Å²) in [6.45, 7) is 13.3. The molecule has 0 spiro atoms. The molecule has 0 bridgehead atoms. The predicted octanol–water partition coefficient (Wildman–Crippen LogP) is 6.77. The highest BCUT2D eigenvalue weighted by Crippen LogP contribution is 2.32. The first-order valence-corrected chi connectivity index (χ1v) is 8.23. The van der Waals surface area contributed by atoms with Crippen LogP contribution in [0.5, 0.6) is 0 Å². The van der Waals surface area contributed by atoms with Crippen molar-refractivity contribution in [3.05, 3.63) is 96.3 Å². The molecule has 0 atom stereocenters. The van der Waals surface area contributed by atoms with Gasteiger partial charge in [0.1, 0.15) is 0 Å². The first-order chi connectivity index (χ1) is 10.2. The molecule has 2 heteroatoms. The first kappa shape index (κ1) is 17.4. The van der Waals surface area contributed by atoms with Crippen LogP contribution >= 0.6 is 23.5 Å². The quantitative estimate of drug-likeness (QED) is 0.383. The van der Waals surface area contributed by atoms with Gasteiger partial charge in [0.05, 0.1) is 0 Å². The topological polar surface area (TPSA) is 0 Å². The fourth-order valence-corrected chi connectivity index (χ4v) is 3.22. The van der Waals surface area contributed by atoms with Crippen molar-refractivity contribution < 1.29 is 0 Å². The molecule has 0 amide bonds. The lowest BCUT2D eigenvalue weighted by Crippen LogP contribution is -1.77. The Morgan fingerprint density at radius 2 is 1.33 bits per heavy atom. The number of allylic oxidation sites excluding steroid dienone is 7. The summed E-state index contributed by atoms with van der Waals surface area (Å²) in [5.74, 6) is 0. The van der Waals surface area contributed by atoms with Crippen LogP contribution in [-0.2, 0) is 0 Å². The third-order valence-electron chi connectivity index (χ3n) is 2.39. The van der Waals surface area contributed by atoms with Crippen LogP contribution in [-0.4, -0.2) is 0 Å². The van der Waals surface area contributed by atoms with E-state index in [-0.39, 0.29) is 0 Å². The summed E-state index contributed by atoms with van der Waals surface area (Å²) in [7, 11) is 0. The molecule has 0 aliphatic rings. The van der Waals surface area contributed by atoms with Crippen molar-refractivity contribution >= 4 is 23.5 Å². The SMILES string of the molecule is C=C/C=C(\C=C)Sc1ccc(SC(/C=C\C)=C/C=C)cc1. The van der Waals surface area contributed by atoms with E-state index in [0.717, 1.165) is 4.91 Å². The second kappa shape index (κ2) is 10.1. The van der Waals surface area contributed by atoms with Crippen LogP contribution in [0.25, 0.3) is 0 Å². The van der Waals surface area contributed by atoms with E-state index < -0.39 is 0 Å². The molecule has 0 nitrogen and oxygen atoms in total. The number of benzene rings is 1. The van der Waals surface area contributed by atoms with Gasteiger partial charge in [0.25, 0.3) is 0 Å². The van der Waals surface area contributed by atoms with Crippen molar-refractivity contribution in [2.75, 3.05) is 0 Å². The highest BCUT2D eigenvalue weighted by atomic mass is 32.2. The van der Waals surface area contributed by atoms with Gasteiger partial charge < -0.3 is 0 Å². The second-order valence-corrected chi connectivity index (χ2v) is 6.28. The minimum absolute atomic E-state index is 1.09. The minimum atomic E-state index is 1.09. The fraction of sp³-hybridized carbons (Fsp3) is 0.0526. The zero-order valence-electron chi connectivity index (χ0n) is 12.3. The smallest absolute Gasteiger partial charge is 0.0123 e. The van der Waals surface area contributed by atoms with Gasteiger partial charge in [-0.15, -0.1) is 0 Å². The molecule has 21 heavy (non-hydrogen) atoms. The van der Waals surface area contributed by atoms with E-state index in [0.29, 0.717) is 0 Å². The van der Waals surface area contributed by atoms with E-state index in [1.165, 1.54) is 14.7 Å². The van der Waals surface area contributed by atoms with Crippen molar-refractivity contribution in [3.8, 4) is 0 Å². The molecule has 0 heterocycles. The van der Waals surface area contributed by atoms with Crippen molar-refractivity contribution in [1.82, 2.24) is 0 Å². The fourth-order valence-electron chi connectivity index (χ4n) is 1.51. The Hall–Kier alpha value is -1.64. The van der Waals surface area contributed by atoms with Gasteiger partial charge in [0.15, 0.2) is 0 Å². The highest BCUT2D eigenvalue weighted by molar-refractivity contribution is 8.03. The number of thioether (sulfide) groups is 2. The summed E-state index contributed by atoms with van der Waals surface area (Å²) >= 11 is 3.40. The molecule has 0 saturated heterocycles. The molecule has 0 saturated carbocycles. The van der Waals surface area contributed by atoms with Crippen LogP contribution in [0.1, 0.15) is 6.92 Å². The van der Waals surface area contributed by atoms with Crippen LogP contribution in [0, 0.1) is 0 Å². The third kappa shape index (κ3) is 6.56. The zero-order valence-corrected chi connectivity index (χ0v) is 13.9. The number of hydrogen-bond acceptors (Lipinski definition) is 2. The summed E-state index contributed by atoms with van der Waals surface area (Å²) in [4.78, 5) is 4.66. The van der Waals surface area contributed by atoms with Crippen molar-refractivity contribution in [1.29, 1.82) is 0 Å². The number of rotatable bonds is 8. The summed E-state index contributed by atoms with van der Waals surface area (Å²) in [6.07, 6.45) is 13.5. The molecule has 0 fully saturated rings. The Morgan fingerprint density at radius 3 is 1.76 bits per heavy atom. The molecule has 0 unspecified atom stereocenters. The Balaban J connectivity index is 2.80. The van der Waals surface area contributed by atoms with Crippen molar-refractivity contribution in [2.45, 2.75) is 16.7 Å². The van der Waals surface area contributed by atoms with Gasteiger partial charge >= 0.3 is 0 Å². The molecular weight excluding hydrogens is 292 g/mol. The lowest BCUT2D eigenvalue weighted by molar-refractivity contribution is 1.36. The van der Waals surface area contributed by atoms with E-state index in [4.69, 9.17) is 0 Å². The lowest BCUT2D eigenvalue weighted by atomic mass is 10.4. The van der Waals surface area contributed by atoms with Crippen LogP contribution in [0.15, 0.2) is 106 Å². The normalized spacial score (nSPS) is 12.4. The Labute approximate surface area is 136 Å². The molecule has 1 aromatic rings. The summed E-state index contributed by atoms with van der Waals surface area (Å²) in [5.41, 5.74) is 0. The summed E-state index contributed by atoms with van der Waals surface area (Å²) in [5, 5.41) is 0. The molecule has 108 valence electrons. The Bertz CT molecular complexity index is 572. The predicted molar refractivity (Wildman–Crippen MR) is 99.7 cm³/mol. The van der Waals surface area contributed by atoms with E-state index in [1.807, 2.05) is 37.3 Å². The van der Waals surface area contributed by atoms with E-state index in [1.54, 1.807) is 29.6 Å². The van der Waals surface area contributed by atoms with Crippen molar-refractivity contribution in [3.63, 3.8) is 0 Å². The lowest BCUT2D eigenvalue weighted by Gasteiger charge is -2.05. The van der Waals surface area contributed by atoms with Gasteiger partial charge in [-0.25, -0.2) is 0 Å². The van der Waals surface area contributed by atoms with Crippen molar-refractivity contribution in [2.24, 2.45) is 0 Å². The second-order valence-electron chi connectivity index (χ2n) is 3.99. The maximum Gasteiger partial charge on any atom is 0.0123 e. The molecule has 1 rings (SSSR count). The average Bonchev–Trinajstić information content (AvgIpc) is 2.49. The van der Waals surface area contributed by atoms with Gasteiger partial charge in [-0.05, 0) is 43.3 Å². The van der Waals surface area contributed by atoms with Crippen LogP contribution < -0.4 is 0 Å². The molecule has 0 radical (unpaired) electrons.